The Balaban J connectivity index is 1.67. The van der Waals surface area contributed by atoms with Gasteiger partial charge < -0.3 is 15.5 Å². The molecule has 168 valence electrons. The summed E-state index contributed by atoms with van der Waals surface area (Å²) in [5.74, 6) is 0.155. The SMILES string of the molecule is CC(=O)c1ccc2cc(N(C)CC(=O)N(CCCN)CCc3ccc(C)cc3)ccc2c1. The van der Waals surface area contributed by atoms with Gasteiger partial charge in [0, 0.05) is 31.4 Å². The molecular formula is C27H33N3O2. The van der Waals surface area contributed by atoms with Gasteiger partial charge in [-0.15, -0.1) is 0 Å². The van der Waals surface area contributed by atoms with Crippen molar-refractivity contribution in [2.75, 3.05) is 38.1 Å². The van der Waals surface area contributed by atoms with E-state index in [0.717, 1.165) is 29.3 Å². The second-order valence-corrected chi connectivity index (χ2v) is 8.42. The maximum atomic E-state index is 13.1. The van der Waals surface area contributed by atoms with Crippen molar-refractivity contribution in [1.29, 1.82) is 0 Å². The molecule has 5 nitrogen and oxygen atoms in total. The van der Waals surface area contributed by atoms with E-state index in [1.54, 1.807) is 6.92 Å². The number of ketones is 1. The number of aryl methyl sites for hydroxylation is 1. The predicted molar refractivity (Wildman–Crippen MR) is 132 cm³/mol. The Kier molecular flexibility index (Phi) is 8.01. The smallest absolute Gasteiger partial charge is 0.242 e. The van der Waals surface area contributed by atoms with Crippen LogP contribution in [0.3, 0.4) is 0 Å². The molecule has 0 saturated heterocycles. The number of carbonyl (C=O) groups excluding carboxylic acids is 2. The molecule has 0 atom stereocenters. The molecule has 0 unspecified atom stereocenters. The van der Waals surface area contributed by atoms with E-state index in [1.165, 1.54) is 11.1 Å². The molecule has 0 saturated carbocycles. The number of carbonyl (C=O) groups is 2. The molecule has 32 heavy (non-hydrogen) atoms. The number of anilines is 1. The standard InChI is InChI=1S/C27H33N3O2/c1-20-5-7-22(8-6-20)13-16-30(15-4-14-28)27(32)19-29(3)26-12-11-24-17-23(21(2)31)9-10-25(24)18-26/h5-12,17-18H,4,13-16,19,28H2,1-3H3. The van der Waals surface area contributed by atoms with Crippen LogP contribution in [0.2, 0.25) is 0 Å². The summed E-state index contributed by atoms with van der Waals surface area (Å²) >= 11 is 0. The Morgan fingerprint density at radius 2 is 1.59 bits per heavy atom. The van der Waals surface area contributed by atoms with E-state index >= 15 is 0 Å². The topological polar surface area (TPSA) is 66.6 Å². The summed E-state index contributed by atoms with van der Waals surface area (Å²) < 4.78 is 0. The number of nitrogens with two attached hydrogens (primary N) is 1. The lowest BCUT2D eigenvalue weighted by Crippen LogP contribution is -2.41. The van der Waals surface area contributed by atoms with Crippen LogP contribution < -0.4 is 10.6 Å². The van der Waals surface area contributed by atoms with Gasteiger partial charge in [0.25, 0.3) is 0 Å². The molecule has 0 heterocycles. The summed E-state index contributed by atoms with van der Waals surface area (Å²) in [6.45, 7) is 5.87. The predicted octanol–water partition coefficient (Wildman–Crippen LogP) is 4.21. The fraction of sp³-hybridized carbons (Fsp3) is 0.333. The molecule has 0 aliphatic rings. The fourth-order valence-electron chi connectivity index (χ4n) is 3.75. The van der Waals surface area contributed by atoms with E-state index in [4.69, 9.17) is 5.73 Å². The maximum Gasteiger partial charge on any atom is 0.242 e. The fourth-order valence-corrected chi connectivity index (χ4v) is 3.75. The van der Waals surface area contributed by atoms with Gasteiger partial charge in [-0.3, -0.25) is 9.59 Å². The Morgan fingerprint density at radius 1 is 0.906 bits per heavy atom. The minimum Gasteiger partial charge on any atom is -0.365 e. The van der Waals surface area contributed by atoms with Crippen molar-refractivity contribution in [1.82, 2.24) is 4.90 Å². The quantitative estimate of drug-likeness (QED) is 0.489. The zero-order chi connectivity index (χ0) is 23.1. The highest BCUT2D eigenvalue weighted by Gasteiger charge is 2.16. The molecule has 0 bridgehead atoms. The van der Waals surface area contributed by atoms with Gasteiger partial charge in [0.2, 0.25) is 5.91 Å². The summed E-state index contributed by atoms with van der Waals surface area (Å²) in [4.78, 5) is 28.6. The summed E-state index contributed by atoms with van der Waals surface area (Å²) in [6.07, 6.45) is 1.62. The van der Waals surface area contributed by atoms with Gasteiger partial charge in [-0.05, 0) is 67.8 Å². The number of hydrogen-bond acceptors (Lipinski definition) is 4. The van der Waals surface area contributed by atoms with Crippen LogP contribution in [0.4, 0.5) is 5.69 Å². The van der Waals surface area contributed by atoms with E-state index in [0.29, 0.717) is 31.7 Å². The van der Waals surface area contributed by atoms with E-state index < -0.39 is 0 Å². The van der Waals surface area contributed by atoms with Crippen molar-refractivity contribution in [2.45, 2.75) is 26.7 Å². The lowest BCUT2D eigenvalue weighted by molar-refractivity contribution is -0.129. The zero-order valence-corrected chi connectivity index (χ0v) is 19.3. The summed E-state index contributed by atoms with van der Waals surface area (Å²) in [6, 6.07) is 20.2. The molecule has 0 radical (unpaired) electrons. The maximum absolute atomic E-state index is 13.1. The highest BCUT2D eigenvalue weighted by molar-refractivity contribution is 5.99. The number of nitrogens with zero attached hydrogens (tertiary/aromatic N) is 2. The molecule has 3 rings (SSSR count). The molecule has 2 N–H and O–H groups in total. The average molecular weight is 432 g/mol. The van der Waals surface area contributed by atoms with Crippen LogP contribution in [0.25, 0.3) is 10.8 Å². The van der Waals surface area contributed by atoms with Gasteiger partial charge in [0.1, 0.15) is 0 Å². The Bertz CT molecular complexity index is 1080. The van der Waals surface area contributed by atoms with Crippen molar-refractivity contribution < 1.29 is 9.59 Å². The second-order valence-electron chi connectivity index (χ2n) is 8.42. The van der Waals surface area contributed by atoms with Crippen LogP contribution in [-0.2, 0) is 11.2 Å². The lowest BCUT2D eigenvalue weighted by Gasteiger charge is -2.27. The van der Waals surface area contributed by atoms with Gasteiger partial charge in [-0.2, -0.15) is 0 Å². The van der Waals surface area contributed by atoms with Gasteiger partial charge in [0.15, 0.2) is 5.78 Å². The van der Waals surface area contributed by atoms with Gasteiger partial charge >= 0.3 is 0 Å². The van der Waals surface area contributed by atoms with Crippen molar-refractivity contribution in [3.05, 3.63) is 77.4 Å². The number of rotatable bonds is 10. The van der Waals surface area contributed by atoms with Crippen LogP contribution in [-0.4, -0.2) is 49.8 Å². The van der Waals surface area contributed by atoms with E-state index in [-0.39, 0.29) is 11.7 Å². The van der Waals surface area contributed by atoms with Crippen LogP contribution in [0.5, 0.6) is 0 Å². The molecule has 1 amide bonds. The van der Waals surface area contributed by atoms with Crippen molar-refractivity contribution in [3.63, 3.8) is 0 Å². The third kappa shape index (κ3) is 6.17. The lowest BCUT2D eigenvalue weighted by atomic mass is 10.0. The minimum atomic E-state index is 0.0573. The van der Waals surface area contributed by atoms with E-state index in [9.17, 15) is 9.59 Å². The van der Waals surface area contributed by atoms with Gasteiger partial charge in [-0.25, -0.2) is 0 Å². The first kappa shape index (κ1) is 23.5. The number of amides is 1. The molecule has 0 spiro atoms. The number of hydrogen-bond donors (Lipinski definition) is 1. The molecule has 0 aromatic heterocycles. The number of Topliss-reactive ketones (excluding diaryl/α,β-unsaturated/α-hetero) is 1. The molecule has 3 aromatic carbocycles. The highest BCUT2D eigenvalue weighted by atomic mass is 16.2. The third-order valence-electron chi connectivity index (χ3n) is 5.82. The number of benzene rings is 3. The summed E-state index contributed by atoms with van der Waals surface area (Å²) in [5.41, 5.74) is 9.85. The zero-order valence-electron chi connectivity index (χ0n) is 19.3. The second kappa shape index (κ2) is 10.9. The summed E-state index contributed by atoms with van der Waals surface area (Å²) in [5, 5.41) is 2.06. The Labute approximate surface area is 190 Å². The number of likely N-dealkylation sites (N-methyl/N-ethyl adjacent to an activating group) is 1. The highest BCUT2D eigenvalue weighted by Crippen LogP contribution is 2.23. The average Bonchev–Trinajstić information content (AvgIpc) is 2.79. The van der Waals surface area contributed by atoms with E-state index in [2.05, 4.69) is 37.3 Å². The monoisotopic (exact) mass is 431 g/mol. The van der Waals surface area contributed by atoms with Gasteiger partial charge in [0.05, 0.1) is 6.54 Å². The summed E-state index contributed by atoms with van der Waals surface area (Å²) in [7, 11) is 1.93. The van der Waals surface area contributed by atoms with Crippen LogP contribution >= 0.6 is 0 Å². The largest absolute Gasteiger partial charge is 0.365 e. The van der Waals surface area contributed by atoms with Crippen molar-refractivity contribution in [3.8, 4) is 0 Å². The van der Waals surface area contributed by atoms with Gasteiger partial charge in [-0.1, -0.05) is 48.0 Å². The van der Waals surface area contributed by atoms with Crippen molar-refractivity contribution in [2.24, 2.45) is 5.73 Å². The molecular weight excluding hydrogens is 398 g/mol. The first-order chi connectivity index (χ1) is 15.4. The van der Waals surface area contributed by atoms with Crippen molar-refractivity contribution >= 4 is 28.2 Å². The Hall–Kier alpha value is -3.18. The minimum absolute atomic E-state index is 0.0573. The molecule has 0 aliphatic carbocycles. The van der Waals surface area contributed by atoms with E-state index in [1.807, 2.05) is 47.2 Å². The van der Waals surface area contributed by atoms with Crippen LogP contribution in [0.1, 0.15) is 34.8 Å². The molecule has 3 aromatic rings. The number of fused-ring (bicyclic) bond motifs is 1. The first-order valence-corrected chi connectivity index (χ1v) is 11.2. The first-order valence-electron chi connectivity index (χ1n) is 11.2. The Morgan fingerprint density at radius 3 is 2.28 bits per heavy atom. The normalized spacial score (nSPS) is 10.9. The molecule has 5 heteroatoms. The molecule has 0 fully saturated rings. The van der Waals surface area contributed by atoms with Crippen LogP contribution in [0, 0.1) is 6.92 Å². The van der Waals surface area contributed by atoms with Crippen LogP contribution in [0.15, 0.2) is 60.7 Å². The third-order valence-corrected chi connectivity index (χ3v) is 5.82. The molecule has 0 aliphatic heterocycles.